The van der Waals surface area contributed by atoms with E-state index < -0.39 is 0 Å². The maximum Gasteiger partial charge on any atom is 0.0471 e. The van der Waals surface area contributed by atoms with Crippen LogP contribution >= 0.6 is 11.6 Å². The van der Waals surface area contributed by atoms with Gasteiger partial charge in [-0.15, -0.1) is 0 Å². The van der Waals surface area contributed by atoms with Crippen LogP contribution < -0.4 is 5.73 Å². The zero-order valence-corrected chi connectivity index (χ0v) is 8.44. The Kier molecular flexibility index (Phi) is 2.63. The van der Waals surface area contributed by atoms with Crippen molar-refractivity contribution in [2.75, 3.05) is 5.73 Å². The van der Waals surface area contributed by atoms with Gasteiger partial charge in [-0.2, -0.15) is 0 Å². The molecule has 0 unspecified atom stereocenters. The van der Waals surface area contributed by atoms with E-state index >= 15 is 0 Å². The van der Waals surface area contributed by atoms with Crippen molar-refractivity contribution in [2.45, 2.75) is 26.7 Å². The third kappa shape index (κ3) is 1.72. The summed E-state index contributed by atoms with van der Waals surface area (Å²) < 4.78 is 0. The quantitative estimate of drug-likeness (QED) is 0.664. The Bertz CT molecular complexity index is 292. The van der Waals surface area contributed by atoms with Crippen LogP contribution in [-0.4, -0.2) is 0 Å². The van der Waals surface area contributed by atoms with Crippen LogP contribution in [-0.2, 0) is 0 Å². The predicted molar refractivity (Wildman–Crippen MR) is 54.7 cm³/mol. The van der Waals surface area contributed by atoms with E-state index in [-0.39, 0.29) is 0 Å². The van der Waals surface area contributed by atoms with E-state index in [1.807, 2.05) is 19.1 Å². The van der Waals surface area contributed by atoms with Crippen LogP contribution in [0.25, 0.3) is 0 Å². The molecule has 0 aliphatic carbocycles. The van der Waals surface area contributed by atoms with Crippen molar-refractivity contribution in [3.8, 4) is 0 Å². The third-order valence-corrected chi connectivity index (χ3v) is 2.44. The monoisotopic (exact) mass is 183 g/mol. The Morgan fingerprint density at radius 2 is 1.92 bits per heavy atom. The van der Waals surface area contributed by atoms with E-state index in [0.717, 1.165) is 21.8 Å². The highest BCUT2D eigenvalue weighted by Gasteiger charge is 2.07. The number of aryl methyl sites for hydroxylation is 1. The predicted octanol–water partition coefficient (Wildman–Crippen LogP) is 3.35. The Balaban J connectivity index is 3.28. The summed E-state index contributed by atoms with van der Waals surface area (Å²) in [6.07, 6.45) is 0. The second-order valence-corrected chi connectivity index (χ2v) is 3.77. The molecule has 1 aromatic rings. The molecule has 1 rings (SSSR count). The topological polar surface area (TPSA) is 26.0 Å². The van der Waals surface area contributed by atoms with E-state index in [1.54, 1.807) is 0 Å². The SMILES string of the molecule is Cc1cc(N)cc(C(C)C)c1Cl. The lowest BCUT2D eigenvalue weighted by Gasteiger charge is -2.11. The van der Waals surface area contributed by atoms with Gasteiger partial charge >= 0.3 is 0 Å². The highest BCUT2D eigenvalue weighted by atomic mass is 35.5. The van der Waals surface area contributed by atoms with Gasteiger partial charge in [-0.05, 0) is 36.1 Å². The Hall–Kier alpha value is -0.690. The van der Waals surface area contributed by atoms with Crippen LogP contribution in [0.15, 0.2) is 12.1 Å². The molecule has 0 bridgehead atoms. The standard InChI is InChI=1S/C10H14ClN/c1-6(2)9-5-8(12)4-7(3)10(9)11/h4-6H,12H2,1-3H3. The summed E-state index contributed by atoms with van der Waals surface area (Å²) in [4.78, 5) is 0. The highest BCUT2D eigenvalue weighted by Crippen LogP contribution is 2.29. The molecule has 1 nitrogen and oxygen atoms in total. The van der Waals surface area contributed by atoms with Crippen LogP contribution in [0.4, 0.5) is 5.69 Å². The van der Waals surface area contributed by atoms with Crippen molar-refractivity contribution in [3.05, 3.63) is 28.3 Å². The van der Waals surface area contributed by atoms with Crippen LogP contribution in [0.3, 0.4) is 0 Å². The normalized spacial score (nSPS) is 10.8. The molecule has 0 saturated carbocycles. The van der Waals surface area contributed by atoms with Gasteiger partial charge in [-0.25, -0.2) is 0 Å². The lowest BCUT2D eigenvalue weighted by Crippen LogP contribution is -1.94. The Morgan fingerprint density at radius 3 is 2.42 bits per heavy atom. The lowest BCUT2D eigenvalue weighted by molar-refractivity contribution is 0.866. The van der Waals surface area contributed by atoms with E-state index in [9.17, 15) is 0 Å². The fourth-order valence-electron chi connectivity index (χ4n) is 1.25. The molecule has 0 radical (unpaired) electrons. The number of nitrogen functional groups attached to an aromatic ring is 1. The van der Waals surface area contributed by atoms with Gasteiger partial charge in [0.2, 0.25) is 0 Å². The molecule has 0 fully saturated rings. The molecule has 0 aliphatic heterocycles. The fraction of sp³-hybridized carbons (Fsp3) is 0.400. The van der Waals surface area contributed by atoms with Crippen molar-refractivity contribution in [3.63, 3.8) is 0 Å². The summed E-state index contributed by atoms with van der Waals surface area (Å²) in [5.74, 6) is 0.430. The van der Waals surface area contributed by atoms with Gasteiger partial charge < -0.3 is 5.73 Å². The molecule has 0 saturated heterocycles. The average molecular weight is 184 g/mol. The Morgan fingerprint density at radius 1 is 1.33 bits per heavy atom. The maximum atomic E-state index is 6.10. The first-order valence-electron chi connectivity index (χ1n) is 4.08. The van der Waals surface area contributed by atoms with Gasteiger partial charge in [0.25, 0.3) is 0 Å². The smallest absolute Gasteiger partial charge is 0.0471 e. The minimum atomic E-state index is 0.430. The van der Waals surface area contributed by atoms with Gasteiger partial charge in [-0.3, -0.25) is 0 Å². The molecule has 0 atom stereocenters. The average Bonchev–Trinajstić information content (AvgIpc) is 1.96. The summed E-state index contributed by atoms with van der Waals surface area (Å²) in [5.41, 5.74) is 8.69. The molecular formula is C10H14ClN. The second kappa shape index (κ2) is 3.36. The number of hydrogen-bond acceptors (Lipinski definition) is 1. The zero-order chi connectivity index (χ0) is 9.30. The van der Waals surface area contributed by atoms with Crippen molar-refractivity contribution < 1.29 is 0 Å². The lowest BCUT2D eigenvalue weighted by atomic mass is 10.0. The summed E-state index contributed by atoms with van der Waals surface area (Å²) >= 11 is 6.10. The molecule has 0 aromatic heterocycles. The highest BCUT2D eigenvalue weighted by molar-refractivity contribution is 6.32. The van der Waals surface area contributed by atoms with Crippen LogP contribution in [0.2, 0.25) is 5.02 Å². The minimum Gasteiger partial charge on any atom is -0.399 e. The second-order valence-electron chi connectivity index (χ2n) is 3.40. The number of rotatable bonds is 1. The number of benzene rings is 1. The summed E-state index contributed by atoms with van der Waals surface area (Å²) in [6.45, 7) is 6.20. The summed E-state index contributed by atoms with van der Waals surface area (Å²) in [7, 11) is 0. The number of halogens is 1. The van der Waals surface area contributed by atoms with Crippen LogP contribution in [0.5, 0.6) is 0 Å². The molecule has 12 heavy (non-hydrogen) atoms. The van der Waals surface area contributed by atoms with Gasteiger partial charge in [0.1, 0.15) is 0 Å². The van der Waals surface area contributed by atoms with E-state index in [0.29, 0.717) is 5.92 Å². The molecule has 2 N–H and O–H groups in total. The Labute approximate surface area is 78.5 Å². The molecule has 1 aromatic carbocycles. The molecule has 0 aliphatic rings. The fourth-order valence-corrected chi connectivity index (χ4v) is 1.57. The number of anilines is 1. The van der Waals surface area contributed by atoms with Crippen molar-refractivity contribution >= 4 is 17.3 Å². The van der Waals surface area contributed by atoms with E-state index in [1.165, 1.54) is 0 Å². The molecule has 0 amide bonds. The first kappa shape index (κ1) is 9.40. The van der Waals surface area contributed by atoms with E-state index in [4.69, 9.17) is 17.3 Å². The van der Waals surface area contributed by atoms with Crippen molar-refractivity contribution in [2.24, 2.45) is 0 Å². The summed E-state index contributed by atoms with van der Waals surface area (Å²) in [6, 6.07) is 3.84. The first-order valence-corrected chi connectivity index (χ1v) is 4.45. The van der Waals surface area contributed by atoms with Gasteiger partial charge in [-0.1, -0.05) is 25.4 Å². The van der Waals surface area contributed by atoms with Crippen molar-refractivity contribution in [1.29, 1.82) is 0 Å². The zero-order valence-electron chi connectivity index (χ0n) is 7.69. The molecule has 66 valence electrons. The van der Waals surface area contributed by atoms with Crippen LogP contribution in [0.1, 0.15) is 30.9 Å². The summed E-state index contributed by atoms with van der Waals surface area (Å²) in [5, 5.41) is 0.846. The molecule has 0 spiro atoms. The van der Waals surface area contributed by atoms with Gasteiger partial charge in [0.15, 0.2) is 0 Å². The van der Waals surface area contributed by atoms with Gasteiger partial charge in [0.05, 0.1) is 0 Å². The van der Waals surface area contributed by atoms with E-state index in [2.05, 4.69) is 13.8 Å². The minimum absolute atomic E-state index is 0.430. The molecule has 2 heteroatoms. The van der Waals surface area contributed by atoms with Gasteiger partial charge in [0, 0.05) is 10.7 Å². The maximum absolute atomic E-state index is 6.10. The third-order valence-electron chi connectivity index (χ3n) is 1.93. The van der Waals surface area contributed by atoms with Crippen molar-refractivity contribution in [1.82, 2.24) is 0 Å². The van der Waals surface area contributed by atoms with Crippen LogP contribution in [0, 0.1) is 6.92 Å². The molecular weight excluding hydrogens is 170 g/mol. The largest absolute Gasteiger partial charge is 0.399 e. The first-order chi connectivity index (χ1) is 5.52. The number of hydrogen-bond donors (Lipinski definition) is 1. The number of nitrogens with two attached hydrogens (primary N) is 1. The molecule has 0 heterocycles.